The van der Waals surface area contributed by atoms with Gasteiger partial charge in [-0.25, -0.2) is 0 Å². The van der Waals surface area contributed by atoms with Crippen LogP contribution in [-0.4, -0.2) is 23.5 Å². The van der Waals surface area contributed by atoms with Crippen molar-refractivity contribution in [2.24, 2.45) is 11.8 Å². The van der Waals surface area contributed by atoms with E-state index in [-0.39, 0.29) is 11.8 Å². The van der Waals surface area contributed by atoms with Crippen molar-refractivity contribution >= 4 is 11.9 Å². The highest BCUT2D eigenvalue weighted by Gasteiger charge is 2.37. The predicted octanol–water partition coefficient (Wildman–Crippen LogP) is 0.627. The Labute approximate surface area is 89.0 Å². The van der Waals surface area contributed by atoms with Crippen molar-refractivity contribution in [3.63, 3.8) is 0 Å². The van der Waals surface area contributed by atoms with Crippen LogP contribution in [0.3, 0.4) is 0 Å². The third-order valence-electron chi connectivity index (χ3n) is 2.70. The molecule has 0 heterocycles. The second kappa shape index (κ2) is 5.40. The molecule has 1 saturated carbocycles. The molecule has 1 aliphatic rings. The molecule has 0 aliphatic heterocycles. The first-order chi connectivity index (χ1) is 7.16. The van der Waals surface area contributed by atoms with Crippen LogP contribution >= 0.6 is 0 Å². The zero-order chi connectivity index (χ0) is 11.3. The predicted molar refractivity (Wildman–Crippen MR) is 54.9 cm³/mol. The molecule has 4 heteroatoms. The highest BCUT2D eigenvalue weighted by atomic mass is 16.4. The molecule has 0 unspecified atom stereocenters. The Morgan fingerprint density at radius 1 is 1.40 bits per heavy atom. The number of carboxylic acid groups (broad SMARTS) is 1. The normalized spacial score (nSPS) is 24.1. The Hall–Kier alpha value is -1.50. The summed E-state index contributed by atoms with van der Waals surface area (Å²) in [5.74, 6) is 3.45. The fraction of sp³-hybridized carbons (Fsp3) is 0.636. The van der Waals surface area contributed by atoms with Gasteiger partial charge in [-0.15, -0.1) is 5.92 Å². The van der Waals surface area contributed by atoms with E-state index < -0.39 is 11.9 Å². The van der Waals surface area contributed by atoms with Gasteiger partial charge in [-0.1, -0.05) is 12.3 Å². The number of aliphatic carboxylic acids is 1. The summed E-state index contributed by atoms with van der Waals surface area (Å²) in [6.45, 7) is 2.00. The van der Waals surface area contributed by atoms with Crippen LogP contribution in [0.5, 0.6) is 0 Å². The first-order valence-electron chi connectivity index (χ1n) is 5.07. The molecule has 15 heavy (non-hydrogen) atoms. The molecule has 1 rings (SSSR count). The lowest BCUT2D eigenvalue weighted by Gasteiger charge is -2.14. The summed E-state index contributed by atoms with van der Waals surface area (Å²) in [4.78, 5) is 22.4. The molecule has 0 aromatic carbocycles. The van der Waals surface area contributed by atoms with Crippen molar-refractivity contribution in [3.05, 3.63) is 0 Å². The molecular weight excluding hydrogens is 194 g/mol. The van der Waals surface area contributed by atoms with Crippen molar-refractivity contribution in [1.82, 2.24) is 5.32 Å². The van der Waals surface area contributed by atoms with Gasteiger partial charge in [-0.3, -0.25) is 9.59 Å². The summed E-state index contributed by atoms with van der Waals surface area (Å²) in [7, 11) is 0. The van der Waals surface area contributed by atoms with Crippen LogP contribution in [0.15, 0.2) is 0 Å². The molecule has 0 saturated heterocycles. The Morgan fingerprint density at radius 3 is 2.67 bits per heavy atom. The quantitative estimate of drug-likeness (QED) is 0.670. The maximum Gasteiger partial charge on any atom is 0.307 e. The third kappa shape index (κ3) is 2.98. The number of rotatable bonds is 3. The number of carbonyl (C=O) groups is 2. The summed E-state index contributed by atoms with van der Waals surface area (Å²) in [5, 5.41) is 11.5. The summed E-state index contributed by atoms with van der Waals surface area (Å²) in [6.07, 6.45) is 2.09. The van der Waals surface area contributed by atoms with Crippen molar-refractivity contribution in [3.8, 4) is 11.8 Å². The molecule has 0 radical (unpaired) electrons. The van der Waals surface area contributed by atoms with Gasteiger partial charge in [0.05, 0.1) is 18.4 Å². The number of hydrogen-bond acceptors (Lipinski definition) is 2. The van der Waals surface area contributed by atoms with Gasteiger partial charge >= 0.3 is 5.97 Å². The lowest BCUT2D eigenvalue weighted by molar-refractivity contribution is -0.146. The molecule has 82 valence electrons. The summed E-state index contributed by atoms with van der Waals surface area (Å²) in [5.41, 5.74) is 0. The number of carboxylic acids is 1. The lowest BCUT2D eigenvalue weighted by atomic mass is 9.95. The van der Waals surface area contributed by atoms with Crippen LogP contribution in [0.2, 0.25) is 0 Å². The Bertz CT molecular complexity index is 314. The molecule has 0 bridgehead atoms. The molecule has 1 amide bonds. The van der Waals surface area contributed by atoms with Gasteiger partial charge in [-0.05, 0) is 19.8 Å². The number of carbonyl (C=O) groups excluding carboxylic acids is 1. The molecule has 1 aliphatic carbocycles. The average Bonchev–Trinajstić information content (AvgIpc) is 2.66. The first kappa shape index (κ1) is 11.6. The number of hydrogen-bond donors (Lipinski definition) is 2. The van der Waals surface area contributed by atoms with Gasteiger partial charge in [0.1, 0.15) is 0 Å². The maximum atomic E-state index is 11.6. The van der Waals surface area contributed by atoms with Crippen LogP contribution in [0.4, 0.5) is 0 Å². The smallest absolute Gasteiger partial charge is 0.307 e. The first-order valence-corrected chi connectivity index (χ1v) is 5.07. The third-order valence-corrected chi connectivity index (χ3v) is 2.70. The van der Waals surface area contributed by atoms with Gasteiger partial charge in [0, 0.05) is 0 Å². The van der Waals surface area contributed by atoms with E-state index in [9.17, 15) is 9.59 Å². The number of amides is 1. The standard InChI is InChI=1S/C11H15NO3/c1-2-3-7-12-10(13)8-5-4-6-9(8)11(14)15/h8-9H,4-7H2,1H3,(H,12,13)(H,14,15)/t8-,9+/m1/s1. The van der Waals surface area contributed by atoms with Crippen LogP contribution in [0.25, 0.3) is 0 Å². The maximum absolute atomic E-state index is 11.6. The largest absolute Gasteiger partial charge is 0.481 e. The van der Waals surface area contributed by atoms with Crippen LogP contribution in [0.1, 0.15) is 26.2 Å². The van der Waals surface area contributed by atoms with E-state index in [1.807, 2.05) is 0 Å². The van der Waals surface area contributed by atoms with E-state index in [2.05, 4.69) is 17.2 Å². The fourth-order valence-corrected chi connectivity index (χ4v) is 1.92. The molecule has 0 spiro atoms. The monoisotopic (exact) mass is 209 g/mol. The topological polar surface area (TPSA) is 66.4 Å². The summed E-state index contributed by atoms with van der Waals surface area (Å²) in [6, 6.07) is 0. The minimum atomic E-state index is -0.866. The van der Waals surface area contributed by atoms with Crippen LogP contribution in [-0.2, 0) is 9.59 Å². The number of nitrogens with one attached hydrogen (secondary N) is 1. The Balaban J connectivity index is 2.50. The molecular formula is C11H15NO3. The average molecular weight is 209 g/mol. The van der Waals surface area contributed by atoms with E-state index in [0.29, 0.717) is 19.4 Å². The minimum absolute atomic E-state index is 0.178. The lowest BCUT2D eigenvalue weighted by Crippen LogP contribution is -2.35. The van der Waals surface area contributed by atoms with E-state index in [1.165, 1.54) is 0 Å². The second-order valence-corrected chi connectivity index (χ2v) is 3.63. The zero-order valence-electron chi connectivity index (χ0n) is 8.75. The SMILES string of the molecule is CC#CCNC(=O)[C@@H]1CCC[C@@H]1C(=O)O. The van der Waals surface area contributed by atoms with Crippen molar-refractivity contribution in [2.45, 2.75) is 26.2 Å². The molecule has 1 fully saturated rings. The van der Waals surface area contributed by atoms with Gasteiger partial charge in [0.2, 0.25) is 5.91 Å². The molecule has 0 aromatic heterocycles. The highest BCUT2D eigenvalue weighted by molar-refractivity contribution is 5.85. The van der Waals surface area contributed by atoms with Crippen molar-refractivity contribution in [1.29, 1.82) is 0 Å². The fourth-order valence-electron chi connectivity index (χ4n) is 1.92. The summed E-state index contributed by atoms with van der Waals surface area (Å²) >= 11 is 0. The van der Waals surface area contributed by atoms with Crippen molar-refractivity contribution in [2.75, 3.05) is 6.54 Å². The van der Waals surface area contributed by atoms with E-state index >= 15 is 0 Å². The highest BCUT2D eigenvalue weighted by Crippen LogP contribution is 2.31. The zero-order valence-corrected chi connectivity index (χ0v) is 8.75. The summed E-state index contributed by atoms with van der Waals surface area (Å²) < 4.78 is 0. The van der Waals surface area contributed by atoms with E-state index in [0.717, 1.165) is 6.42 Å². The van der Waals surface area contributed by atoms with Crippen LogP contribution < -0.4 is 5.32 Å². The van der Waals surface area contributed by atoms with E-state index in [1.54, 1.807) is 6.92 Å². The Kier molecular flexibility index (Phi) is 4.17. The van der Waals surface area contributed by atoms with Gasteiger partial charge in [0.15, 0.2) is 0 Å². The van der Waals surface area contributed by atoms with Gasteiger partial charge in [-0.2, -0.15) is 0 Å². The minimum Gasteiger partial charge on any atom is -0.481 e. The van der Waals surface area contributed by atoms with E-state index in [4.69, 9.17) is 5.11 Å². The van der Waals surface area contributed by atoms with Crippen molar-refractivity contribution < 1.29 is 14.7 Å². The molecule has 2 N–H and O–H groups in total. The second-order valence-electron chi connectivity index (χ2n) is 3.63. The molecule has 4 nitrogen and oxygen atoms in total. The van der Waals surface area contributed by atoms with Gasteiger partial charge < -0.3 is 10.4 Å². The van der Waals surface area contributed by atoms with Gasteiger partial charge in [0.25, 0.3) is 0 Å². The van der Waals surface area contributed by atoms with Crippen LogP contribution in [0, 0.1) is 23.7 Å². The molecule has 2 atom stereocenters. The Morgan fingerprint density at radius 2 is 2.07 bits per heavy atom. The molecule has 0 aromatic rings.